The molecule has 5 nitrogen and oxygen atoms in total. The summed E-state index contributed by atoms with van der Waals surface area (Å²) in [5.74, 6) is 0.0746. The molecule has 1 aliphatic rings. The summed E-state index contributed by atoms with van der Waals surface area (Å²) in [7, 11) is 0. The highest BCUT2D eigenvalue weighted by Crippen LogP contribution is 2.40. The fourth-order valence-electron chi connectivity index (χ4n) is 2.45. The zero-order valence-corrected chi connectivity index (χ0v) is 12.5. The van der Waals surface area contributed by atoms with Crippen LogP contribution in [0.2, 0.25) is 0 Å². The molecule has 0 atom stereocenters. The van der Waals surface area contributed by atoms with Crippen molar-refractivity contribution >= 4 is 21.7 Å². The van der Waals surface area contributed by atoms with E-state index in [1.807, 2.05) is 0 Å². The molecule has 2 rings (SSSR count). The zero-order valence-electron chi connectivity index (χ0n) is 10.9. The molecule has 0 amide bonds. The first-order chi connectivity index (χ1) is 9.06. The summed E-state index contributed by atoms with van der Waals surface area (Å²) < 4.78 is 5.70. The monoisotopic (exact) mass is 328 g/mol. The van der Waals surface area contributed by atoms with Gasteiger partial charge in [-0.1, -0.05) is 28.8 Å². The molecule has 0 aliphatic heterocycles. The van der Waals surface area contributed by atoms with Gasteiger partial charge in [-0.05, 0) is 34.9 Å². The third-order valence-electron chi connectivity index (χ3n) is 3.63. The van der Waals surface area contributed by atoms with Crippen LogP contribution in [0.5, 0.6) is 5.75 Å². The van der Waals surface area contributed by atoms with Crippen LogP contribution < -0.4 is 4.74 Å². The van der Waals surface area contributed by atoms with E-state index in [0.29, 0.717) is 12.3 Å². The van der Waals surface area contributed by atoms with Crippen molar-refractivity contribution in [2.75, 3.05) is 11.9 Å². The molecule has 0 aromatic carbocycles. The third-order valence-corrected chi connectivity index (χ3v) is 4.82. The molecule has 1 saturated carbocycles. The summed E-state index contributed by atoms with van der Waals surface area (Å²) in [5.41, 5.74) is 0.730. The van der Waals surface area contributed by atoms with Gasteiger partial charge in [-0.25, -0.2) is 0 Å². The Hall–Kier alpha value is -1.17. The Morgan fingerprint density at radius 1 is 1.47 bits per heavy atom. The van der Waals surface area contributed by atoms with Gasteiger partial charge in [0, 0.05) is 17.7 Å². The molecule has 1 aliphatic carbocycles. The van der Waals surface area contributed by atoms with Crippen molar-refractivity contribution in [1.29, 1.82) is 0 Å². The van der Waals surface area contributed by atoms with E-state index in [1.54, 1.807) is 19.1 Å². The molecule has 104 valence electrons. The van der Waals surface area contributed by atoms with Crippen LogP contribution in [0.15, 0.2) is 12.1 Å². The lowest BCUT2D eigenvalue weighted by Crippen LogP contribution is -2.27. The largest absolute Gasteiger partial charge is 0.485 e. The Morgan fingerprint density at radius 2 is 2.16 bits per heavy atom. The van der Waals surface area contributed by atoms with E-state index in [2.05, 4.69) is 20.9 Å². The van der Waals surface area contributed by atoms with Crippen molar-refractivity contribution in [2.45, 2.75) is 32.6 Å². The second-order valence-corrected chi connectivity index (χ2v) is 5.72. The van der Waals surface area contributed by atoms with Gasteiger partial charge in [0.2, 0.25) is 5.75 Å². The van der Waals surface area contributed by atoms with Gasteiger partial charge in [-0.15, -0.1) is 0 Å². The van der Waals surface area contributed by atoms with Crippen LogP contribution in [0, 0.1) is 22.5 Å². The van der Waals surface area contributed by atoms with Crippen molar-refractivity contribution < 1.29 is 9.66 Å². The molecule has 1 aromatic heterocycles. The fourth-order valence-corrected chi connectivity index (χ4v) is 3.17. The molecular weight excluding hydrogens is 312 g/mol. The van der Waals surface area contributed by atoms with Crippen molar-refractivity contribution in [2.24, 2.45) is 5.41 Å². The number of nitro groups is 1. The molecule has 0 radical (unpaired) electrons. The van der Waals surface area contributed by atoms with Crippen LogP contribution in [0.4, 0.5) is 5.82 Å². The number of pyridine rings is 1. The topological polar surface area (TPSA) is 65.3 Å². The summed E-state index contributed by atoms with van der Waals surface area (Å²) in [5, 5.41) is 11.8. The van der Waals surface area contributed by atoms with E-state index in [0.717, 1.165) is 18.2 Å². The van der Waals surface area contributed by atoms with E-state index in [9.17, 15) is 10.1 Å². The minimum absolute atomic E-state index is 0.110. The lowest BCUT2D eigenvalue weighted by molar-refractivity contribution is -0.390. The Balaban J connectivity index is 2.13. The smallest absolute Gasteiger partial charge is 0.406 e. The minimum atomic E-state index is -0.488. The van der Waals surface area contributed by atoms with Gasteiger partial charge in [-0.3, -0.25) is 0 Å². The standard InChI is InChI=1S/C13H17BrN2O3/c1-10-4-5-11(12(15-10)16(17)18)19-9-13(8-14)6-2-3-7-13/h4-5H,2-3,6-9H2,1H3. The van der Waals surface area contributed by atoms with Crippen molar-refractivity contribution in [3.05, 3.63) is 27.9 Å². The first-order valence-corrected chi connectivity index (χ1v) is 7.49. The van der Waals surface area contributed by atoms with Crippen LogP contribution in [0.25, 0.3) is 0 Å². The van der Waals surface area contributed by atoms with Gasteiger partial charge in [-0.2, -0.15) is 0 Å². The molecule has 1 aromatic rings. The van der Waals surface area contributed by atoms with Crippen molar-refractivity contribution in [1.82, 2.24) is 4.98 Å². The maximum atomic E-state index is 11.0. The lowest BCUT2D eigenvalue weighted by atomic mass is 9.90. The molecule has 0 unspecified atom stereocenters. The second kappa shape index (κ2) is 5.86. The van der Waals surface area contributed by atoms with Crippen molar-refractivity contribution in [3.63, 3.8) is 0 Å². The number of nitrogens with zero attached hydrogens (tertiary/aromatic N) is 2. The van der Waals surface area contributed by atoms with E-state index in [1.165, 1.54) is 12.8 Å². The predicted molar refractivity (Wildman–Crippen MR) is 75.8 cm³/mol. The SMILES string of the molecule is Cc1ccc(OCC2(CBr)CCCC2)c([N+](=O)[O-])n1. The quantitative estimate of drug-likeness (QED) is 0.470. The number of alkyl halides is 1. The molecule has 6 heteroatoms. The molecule has 0 spiro atoms. The molecule has 0 bridgehead atoms. The van der Waals surface area contributed by atoms with E-state index in [-0.39, 0.29) is 17.0 Å². The van der Waals surface area contributed by atoms with Crippen LogP contribution in [-0.2, 0) is 0 Å². The van der Waals surface area contributed by atoms with E-state index in [4.69, 9.17) is 4.74 Å². The third kappa shape index (κ3) is 3.23. The van der Waals surface area contributed by atoms with Gasteiger partial charge in [0.1, 0.15) is 5.69 Å². The molecule has 1 fully saturated rings. The average Bonchev–Trinajstić information content (AvgIpc) is 2.86. The summed E-state index contributed by atoms with van der Waals surface area (Å²) in [4.78, 5) is 14.4. The predicted octanol–water partition coefficient (Wildman–Crippen LogP) is 3.63. The molecule has 19 heavy (non-hydrogen) atoms. The van der Waals surface area contributed by atoms with Gasteiger partial charge in [0.25, 0.3) is 0 Å². The van der Waals surface area contributed by atoms with E-state index < -0.39 is 4.92 Å². The highest BCUT2D eigenvalue weighted by Gasteiger charge is 2.34. The Kier molecular flexibility index (Phi) is 4.39. The number of aryl methyl sites for hydroxylation is 1. The first-order valence-electron chi connectivity index (χ1n) is 6.37. The van der Waals surface area contributed by atoms with Crippen LogP contribution >= 0.6 is 15.9 Å². The summed E-state index contributed by atoms with van der Waals surface area (Å²) in [6.07, 6.45) is 4.60. The molecule has 0 saturated heterocycles. The van der Waals surface area contributed by atoms with Crippen LogP contribution in [0.3, 0.4) is 0 Å². The lowest BCUT2D eigenvalue weighted by Gasteiger charge is -2.26. The Bertz CT molecular complexity index is 473. The molecule has 1 heterocycles. The summed E-state index contributed by atoms with van der Waals surface area (Å²) in [6.45, 7) is 2.23. The van der Waals surface area contributed by atoms with Gasteiger partial charge >= 0.3 is 5.82 Å². The fraction of sp³-hybridized carbons (Fsp3) is 0.615. The molecular formula is C13H17BrN2O3. The number of rotatable bonds is 5. The van der Waals surface area contributed by atoms with Crippen molar-refractivity contribution in [3.8, 4) is 5.75 Å². The number of aromatic nitrogens is 1. The summed E-state index contributed by atoms with van der Waals surface area (Å²) in [6, 6.07) is 3.37. The number of ether oxygens (including phenoxy) is 1. The second-order valence-electron chi connectivity index (χ2n) is 5.16. The van der Waals surface area contributed by atoms with Gasteiger partial charge < -0.3 is 14.9 Å². The zero-order chi connectivity index (χ0) is 13.9. The average molecular weight is 329 g/mol. The Morgan fingerprint density at radius 3 is 2.74 bits per heavy atom. The van der Waals surface area contributed by atoms with Crippen LogP contribution in [-0.4, -0.2) is 21.8 Å². The summed E-state index contributed by atoms with van der Waals surface area (Å²) >= 11 is 3.54. The highest BCUT2D eigenvalue weighted by atomic mass is 79.9. The maximum absolute atomic E-state index is 11.0. The van der Waals surface area contributed by atoms with Crippen LogP contribution in [0.1, 0.15) is 31.4 Å². The first kappa shape index (κ1) is 14.2. The Labute approximate surface area is 120 Å². The highest BCUT2D eigenvalue weighted by molar-refractivity contribution is 9.09. The number of halogens is 1. The van der Waals surface area contributed by atoms with Gasteiger partial charge in [0.15, 0.2) is 0 Å². The number of hydrogen-bond acceptors (Lipinski definition) is 4. The minimum Gasteiger partial charge on any atom is -0.485 e. The van der Waals surface area contributed by atoms with E-state index >= 15 is 0 Å². The molecule has 0 N–H and O–H groups in total. The van der Waals surface area contributed by atoms with Gasteiger partial charge in [0.05, 0.1) is 6.61 Å². The maximum Gasteiger partial charge on any atom is 0.406 e. The number of hydrogen-bond donors (Lipinski definition) is 0. The normalized spacial score (nSPS) is 17.4.